The number of anilines is 1. The molecule has 1 heterocycles. The maximum absolute atomic E-state index is 10.8. The Labute approximate surface area is 148 Å². The van der Waals surface area contributed by atoms with Crippen LogP contribution < -0.4 is 10.2 Å². The van der Waals surface area contributed by atoms with Gasteiger partial charge in [-0.3, -0.25) is 15.5 Å². The van der Waals surface area contributed by atoms with Gasteiger partial charge in [0.25, 0.3) is 5.69 Å². The van der Waals surface area contributed by atoms with E-state index in [1.165, 1.54) is 18.3 Å². The fraction of sp³-hybridized carbons (Fsp3) is 0.0588. The van der Waals surface area contributed by atoms with E-state index in [0.29, 0.717) is 22.2 Å². The summed E-state index contributed by atoms with van der Waals surface area (Å²) in [4.78, 5) is 14.6. The topological polar surface area (TPSA) is 89.7 Å². The molecule has 0 saturated heterocycles. The second-order valence-electron chi connectivity index (χ2n) is 5.10. The van der Waals surface area contributed by atoms with E-state index in [2.05, 4.69) is 15.5 Å². The average molecular weight is 357 g/mol. The zero-order valence-corrected chi connectivity index (χ0v) is 13.9. The Morgan fingerprint density at radius 3 is 2.88 bits per heavy atom. The standard InChI is InChI=1S/C17H13ClN4O3/c1-25-15-5-6-16-11(8-15)7-12(17(18)20-16)10-19-21-13-3-2-4-14(9-13)22(23)24/h2-10,21H,1H3/b19-10-. The van der Waals surface area contributed by atoms with Crippen LogP contribution in [-0.2, 0) is 0 Å². The van der Waals surface area contributed by atoms with Crippen LogP contribution in [0.15, 0.2) is 53.6 Å². The van der Waals surface area contributed by atoms with E-state index in [1.807, 2.05) is 24.3 Å². The maximum atomic E-state index is 10.8. The van der Waals surface area contributed by atoms with Gasteiger partial charge in [-0.25, -0.2) is 4.98 Å². The van der Waals surface area contributed by atoms with Gasteiger partial charge in [0.1, 0.15) is 10.9 Å². The second kappa shape index (κ2) is 7.14. The summed E-state index contributed by atoms with van der Waals surface area (Å²) >= 11 is 6.17. The molecule has 3 aromatic rings. The van der Waals surface area contributed by atoms with Crippen molar-refractivity contribution in [3.8, 4) is 5.75 Å². The van der Waals surface area contributed by atoms with Crippen LogP contribution >= 0.6 is 11.6 Å². The molecule has 0 radical (unpaired) electrons. The SMILES string of the molecule is COc1ccc2nc(Cl)c(/C=N\Nc3cccc([N+](=O)[O-])c3)cc2c1. The molecule has 2 aromatic carbocycles. The zero-order valence-electron chi connectivity index (χ0n) is 13.1. The summed E-state index contributed by atoms with van der Waals surface area (Å²) in [5.41, 5.74) is 4.58. The number of methoxy groups -OCH3 is 1. The van der Waals surface area contributed by atoms with Gasteiger partial charge in [0.05, 0.1) is 29.5 Å². The molecule has 0 amide bonds. The monoisotopic (exact) mass is 356 g/mol. The van der Waals surface area contributed by atoms with E-state index in [1.54, 1.807) is 19.2 Å². The number of rotatable bonds is 5. The van der Waals surface area contributed by atoms with Crippen molar-refractivity contribution in [2.24, 2.45) is 5.10 Å². The third-order valence-corrected chi connectivity index (χ3v) is 3.76. The number of hydrogen-bond donors (Lipinski definition) is 1. The summed E-state index contributed by atoms with van der Waals surface area (Å²) < 4.78 is 5.20. The molecule has 0 aliphatic rings. The summed E-state index contributed by atoms with van der Waals surface area (Å²) in [6, 6.07) is 13.4. The Balaban J connectivity index is 1.84. The maximum Gasteiger partial charge on any atom is 0.271 e. The van der Waals surface area contributed by atoms with Gasteiger partial charge >= 0.3 is 0 Å². The van der Waals surface area contributed by atoms with Crippen LogP contribution in [0, 0.1) is 10.1 Å². The van der Waals surface area contributed by atoms with Crippen LogP contribution in [-0.4, -0.2) is 23.2 Å². The van der Waals surface area contributed by atoms with E-state index in [4.69, 9.17) is 16.3 Å². The lowest BCUT2D eigenvalue weighted by Gasteiger charge is -2.05. The highest BCUT2D eigenvalue weighted by atomic mass is 35.5. The number of nitrogens with one attached hydrogen (secondary N) is 1. The summed E-state index contributed by atoms with van der Waals surface area (Å²) in [5.74, 6) is 0.717. The molecule has 0 aliphatic carbocycles. The van der Waals surface area contributed by atoms with Crippen molar-refractivity contribution in [2.75, 3.05) is 12.5 Å². The van der Waals surface area contributed by atoms with E-state index in [0.717, 1.165) is 10.9 Å². The number of ether oxygens (including phenoxy) is 1. The first-order valence-corrected chi connectivity index (χ1v) is 7.62. The average Bonchev–Trinajstić information content (AvgIpc) is 2.62. The number of non-ortho nitro benzene ring substituents is 1. The minimum Gasteiger partial charge on any atom is -0.497 e. The molecular formula is C17H13ClN4O3. The molecule has 3 rings (SSSR count). The van der Waals surface area contributed by atoms with Gasteiger partial charge in [-0.15, -0.1) is 0 Å². The van der Waals surface area contributed by atoms with Crippen LogP contribution in [0.4, 0.5) is 11.4 Å². The minimum absolute atomic E-state index is 0.0160. The second-order valence-corrected chi connectivity index (χ2v) is 5.46. The number of nitrogens with zero attached hydrogens (tertiary/aromatic N) is 3. The van der Waals surface area contributed by atoms with Gasteiger partial charge in [-0.05, 0) is 30.3 Å². The molecule has 0 atom stereocenters. The lowest BCUT2D eigenvalue weighted by Crippen LogP contribution is -1.95. The van der Waals surface area contributed by atoms with Crippen molar-refractivity contribution in [1.29, 1.82) is 0 Å². The Hall–Kier alpha value is -3.19. The number of fused-ring (bicyclic) bond motifs is 1. The van der Waals surface area contributed by atoms with Crippen LogP contribution in [0.3, 0.4) is 0 Å². The molecule has 1 aromatic heterocycles. The van der Waals surface area contributed by atoms with Gasteiger partial charge in [-0.1, -0.05) is 17.7 Å². The molecule has 0 aliphatic heterocycles. The Bertz CT molecular complexity index is 975. The van der Waals surface area contributed by atoms with E-state index < -0.39 is 4.92 Å². The molecule has 7 nitrogen and oxygen atoms in total. The molecule has 0 bridgehead atoms. The quantitative estimate of drug-likeness (QED) is 0.319. The molecule has 8 heteroatoms. The third kappa shape index (κ3) is 3.84. The number of halogens is 1. The number of pyridine rings is 1. The van der Waals surface area contributed by atoms with Crippen molar-refractivity contribution in [1.82, 2.24) is 4.98 Å². The Morgan fingerprint density at radius 2 is 2.12 bits per heavy atom. The van der Waals surface area contributed by atoms with Gasteiger partial charge < -0.3 is 4.74 Å². The first-order chi connectivity index (χ1) is 12.1. The van der Waals surface area contributed by atoms with Crippen molar-refractivity contribution >= 4 is 40.1 Å². The molecule has 1 N–H and O–H groups in total. The lowest BCUT2D eigenvalue weighted by atomic mass is 10.1. The molecule has 0 spiro atoms. The van der Waals surface area contributed by atoms with E-state index in [-0.39, 0.29) is 5.69 Å². The minimum atomic E-state index is -0.466. The van der Waals surface area contributed by atoms with E-state index >= 15 is 0 Å². The van der Waals surface area contributed by atoms with Gasteiger partial charge in [-0.2, -0.15) is 5.10 Å². The van der Waals surface area contributed by atoms with Crippen LogP contribution in [0.1, 0.15) is 5.56 Å². The number of hydrazone groups is 1. The van der Waals surface area contributed by atoms with Crippen molar-refractivity contribution < 1.29 is 9.66 Å². The largest absolute Gasteiger partial charge is 0.497 e. The number of benzene rings is 2. The molecule has 0 fully saturated rings. The Kier molecular flexibility index (Phi) is 4.76. The number of hydrogen-bond acceptors (Lipinski definition) is 6. The third-order valence-electron chi connectivity index (χ3n) is 3.46. The van der Waals surface area contributed by atoms with Crippen LogP contribution in [0.5, 0.6) is 5.75 Å². The highest BCUT2D eigenvalue weighted by Gasteiger charge is 2.06. The highest BCUT2D eigenvalue weighted by Crippen LogP contribution is 2.23. The molecule has 0 saturated carbocycles. The zero-order chi connectivity index (χ0) is 17.8. The number of aromatic nitrogens is 1. The fourth-order valence-electron chi connectivity index (χ4n) is 2.23. The van der Waals surface area contributed by atoms with Crippen molar-refractivity contribution in [3.63, 3.8) is 0 Å². The first-order valence-electron chi connectivity index (χ1n) is 7.24. The number of nitro groups is 1. The predicted octanol–water partition coefficient (Wildman–Crippen LogP) is 4.25. The summed E-state index contributed by atoms with van der Waals surface area (Å²) in [6.45, 7) is 0. The van der Waals surface area contributed by atoms with E-state index in [9.17, 15) is 10.1 Å². The van der Waals surface area contributed by atoms with Crippen LogP contribution in [0.2, 0.25) is 5.15 Å². The van der Waals surface area contributed by atoms with Gasteiger partial charge in [0, 0.05) is 23.1 Å². The van der Waals surface area contributed by atoms with Crippen LogP contribution in [0.25, 0.3) is 10.9 Å². The predicted molar refractivity (Wildman–Crippen MR) is 97.6 cm³/mol. The normalized spacial score (nSPS) is 11.0. The molecule has 25 heavy (non-hydrogen) atoms. The van der Waals surface area contributed by atoms with Crippen molar-refractivity contribution in [2.45, 2.75) is 0 Å². The lowest BCUT2D eigenvalue weighted by molar-refractivity contribution is -0.384. The van der Waals surface area contributed by atoms with Gasteiger partial charge in [0.15, 0.2) is 0 Å². The summed E-state index contributed by atoms with van der Waals surface area (Å²) in [5, 5.41) is 16.0. The summed E-state index contributed by atoms with van der Waals surface area (Å²) in [6.07, 6.45) is 1.51. The first kappa shape index (κ1) is 16.7. The highest BCUT2D eigenvalue weighted by molar-refractivity contribution is 6.32. The van der Waals surface area contributed by atoms with Gasteiger partial charge in [0.2, 0.25) is 0 Å². The Morgan fingerprint density at radius 1 is 1.28 bits per heavy atom. The summed E-state index contributed by atoms with van der Waals surface area (Å²) in [7, 11) is 1.59. The molecule has 0 unspecified atom stereocenters. The fourth-order valence-corrected chi connectivity index (χ4v) is 2.42. The smallest absolute Gasteiger partial charge is 0.271 e. The molecule has 126 valence electrons. The molecular weight excluding hydrogens is 344 g/mol. The number of nitro benzene ring substituents is 1. The van der Waals surface area contributed by atoms with Crippen molar-refractivity contribution in [3.05, 3.63) is 69.4 Å².